The highest BCUT2D eigenvalue weighted by Gasteiger charge is 2.25. The smallest absolute Gasteiger partial charge is 0.363 e. The lowest BCUT2D eigenvalue weighted by Gasteiger charge is -2.15. The molecule has 0 aromatic heterocycles. The maximum Gasteiger partial charge on any atom is 0.363 e. The lowest BCUT2D eigenvalue weighted by Crippen LogP contribution is -2.23. The Bertz CT molecular complexity index is 931. The third-order valence-corrected chi connectivity index (χ3v) is 4.82. The molecular formula is C20H15BrN2O3. The Hall–Kier alpha value is -2.73. The van der Waals surface area contributed by atoms with Crippen LogP contribution in [0, 0.1) is 0 Å². The summed E-state index contributed by atoms with van der Waals surface area (Å²) in [7, 11) is 0. The molecule has 0 unspecified atom stereocenters. The van der Waals surface area contributed by atoms with Crippen LogP contribution in [0.15, 0.2) is 63.7 Å². The maximum atomic E-state index is 12.1. The first-order valence-electron chi connectivity index (χ1n) is 8.29. The highest BCUT2D eigenvalue weighted by Crippen LogP contribution is 2.24. The topological polar surface area (TPSA) is 59.0 Å². The Morgan fingerprint density at radius 1 is 1.04 bits per heavy atom. The van der Waals surface area contributed by atoms with E-state index in [1.54, 1.807) is 11.0 Å². The molecule has 2 aliphatic heterocycles. The van der Waals surface area contributed by atoms with Gasteiger partial charge in [0.1, 0.15) is 0 Å². The van der Waals surface area contributed by atoms with Crippen LogP contribution in [0.5, 0.6) is 0 Å². The molecule has 1 saturated heterocycles. The molecule has 6 heteroatoms. The van der Waals surface area contributed by atoms with Gasteiger partial charge in [0.05, 0.1) is 0 Å². The molecule has 0 aliphatic carbocycles. The van der Waals surface area contributed by atoms with Crippen molar-refractivity contribution in [3.8, 4) is 0 Å². The van der Waals surface area contributed by atoms with Gasteiger partial charge in [-0.3, -0.25) is 4.79 Å². The third-order valence-electron chi connectivity index (χ3n) is 4.29. The molecule has 2 aliphatic rings. The highest BCUT2D eigenvalue weighted by molar-refractivity contribution is 9.10. The first-order chi connectivity index (χ1) is 12.6. The summed E-state index contributed by atoms with van der Waals surface area (Å²) >= 11 is 3.38. The summed E-state index contributed by atoms with van der Waals surface area (Å²) in [5.74, 6) is -0.0542. The zero-order valence-electron chi connectivity index (χ0n) is 13.8. The number of aliphatic imine (C=N–C) groups is 1. The van der Waals surface area contributed by atoms with E-state index in [-0.39, 0.29) is 17.5 Å². The van der Waals surface area contributed by atoms with Crippen molar-refractivity contribution < 1.29 is 14.3 Å². The van der Waals surface area contributed by atoms with Gasteiger partial charge in [0, 0.05) is 28.7 Å². The quantitative estimate of drug-likeness (QED) is 0.568. The lowest BCUT2D eigenvalue weighted by atomic mass is 10.2. The van der Waals surface area contributed by atoms with Crippen molar-refractivity contribution >= 4 is 45.5 Å². The largest absolute Gasteiger partial charge is 0.402 e. The molecule has 0 spiro atoms. The number of halogens is 1. The fraction of sp³-hybridized carbons (Fsp3) is 0.150. The van der Waals surface area contributed by atoms with E-state index in [1.807, 2.05) is 48.5 Å². The van der Waals surface area contributed by atoms with Crippen LogP contribution < -0.4 is 4.90 Å². The minimum absolute atomic E-state index is 0.141. The molecule has 0 bridgehead atoms. The molecule has 0 saturated carbocycles. The van der Waals surface area contributed by atoms with Crippen molar-refractivity contribution in [2.75, 3.05) is 11.4 Å². The van der Waals surface area contributed by atoms with Crippen LogP contribution in [0.1, 0.15) is 24.0 Å². The molecular weight excluding hydrogens is 396 g/mol. The number of benzene rings is 2. The number of anilines is 1. The molecule has 2 aromatic carbocycles. The van der Waals surface area contributed by atoms with Gasteiger partial charge < -0.3 is 9.64 Å². The monoisotopic (exact) mass is 410 g/mol. The van der Waals surface area contributed by atoms with Gasteiger partial charge in [-0.15, -0.1) is 0 Å². The van der Waals surface area contributed by atoms with Crippen molar-refractivity contribution in [2.45, 2.75) is 12.8 Å². The standard InChI is InChI=1S/C20H15BrN2O3/c21-15-7-3-13(4-8-15)12-17-20(25)26-19(22-17)14-5-9-16(10-6-14)23-11-1-2-18(23)24/h3-10,12H,1-2,11H2/b17-12-. The number of esters is 1. The van der Waals surface area contributed by atoms with Gasteiger partial charge in [-0.05, 0) is 54.5 Å². The Morgan fingerprint density at radius 2 is 1.77 bits per heavy atom. The van der Waals surface area contributed by atoms with Gasteiger partial charge >= 0.3 is 5.97 Å². The van der Waals surface area contributed by atoms with E-state index in [2.05, 4.69) is 20.9 Å². The van der Waals surface area contributed by atoms with Crippen molar-refractivity contribution in [3.63, 3.8) is 0 Å². The number of nitrogens with zero attached hydrogens (tertiary/aromatic N) is 2. The average Bonchev–Trinajstić information content (AvgIpc) is 3.23. The molecule has 2 aromatic rings. The van der Waals surface area contributed by atoms with Gasteiger partial charge in [-0.2, -0.15) is 0 Å². The van der Waals surface area contributed by atoms with Crippen molar-refractivity contribution in [3.05, 3.63) is 69.8 Å². The maximum absolute atomic E-state index is 12.1. The Kier molecular flexibility index (Phi) is 4.42. The molecule has 26 heavy (non-hydrogen) atoms. The second-order valence-corrected chi connectivity index (χ2v) is 7.00. The fourth-order valence-corrected chi connectivity index (χ4v) is 3.22. The average molecular weight is 411 g/mol. The molecule has 2 heterocycles. The number of amides is 1. The van der Waals surface area contributed by atoms with E-state index in [1.165, 1.54) is 0 Å². The number of hydrogen-bond donors (Lipinski definition) is 0. The van der Waals surface area contributed by atoms with Crippen LogP contribution in [0.4, 0.5) is 5.69 Å². The minimum Gasteiger partial charge on any atom is -0.402 e. The van der Waals surface area contributed by atoms with E-state index in [9.17, 15) is 9.59 Å². The fourth-order valence-electron chi connectivity index (χ4n) is 2.95. The highest BCUT2D eigenvalue weighted by atomic mass is 79.9. The summed E-state index contributed by atoms with van der Waals surface area (Å²) in [4.78, 5) is 30.0. The van der Waals surface area contributed by atoms with Crippen LogP contribution in [-0.2, 0) is 14.3 Å². The molecule has 0 N–H and O–H groups in total. The predicted molar refractivity (Wildman–Crippen MR) is 103 cm³/mol. The first kappa shape index (κ1) is 16.7. The van der Waals surface area contributed by atoms with Crippen LogP contribution in [-0.4, -0.2) is 24.3 Å². The van der Waals surface area contributed by atoms with E-state index >= 15 is 0 Å². The molecule has 1 amide bonds. The molecule has 1 fully saturated rings. The molecule has 0 radical (unpaired) electrons. The molecule has 0 atom stereocenters. The predicted octanol–water partition coefficient (Wildman–Crippen LogP) is 3.92. The molecule has 4 rings (SSSR count). The second kappa shape index (κ2) is 6.88. The van der Waals surface area contributed by atoms with Crippen LogP contribution in [0.25, 0.3) is 6.08 Å². The van der Waals surface area contributed by atoms with Gasteiger partial charge in [-0.25, -0.2) is 9.79 Å². The van der Waals surface area contributed by atoms with E-state index in [4.69, 9.17) is 4.74 Å². The van der Waals surface area contributed by atoms with Gasteiger partial charge in [0.25, 0.3) is 0 Å². The minimum atomic E-state index is -0.471. The van der Waals surface area contributed by atoms with Crippen LogP contribution >= 0.6 is 15.9 Å². The van der Waals surface area contributed by atoms with Gasteiger partial charge in [-0.1, -0.05) is 28.1 Å². The summed E-state index contributed by atoms with van der Waals surface area (Å²) in [6.07, 6.45) is 3.17. The van der Waals surface area contributed by atoms with Crippen LogP contribution in [0.2, 0.25) is 0 Å². The lowest BCUT2D eigenvalue weighted by molar-refractivity contribution is -0.130. The SMILES string of the molecule is O=C1OC(c2ccc(N3CCCC3=O)cc2)=N/C1=C\c1ccc(Br)cc1. The number of carbonyl (C=O) groups is 2. The normalized spacial score (nSPS) is 18.4. The first-order valence-corrected chi connectivity index (χ1v) is 9.08. The Morgan fingerprint density at radius 3 is 2.42 bits per heavy atom. The molecule has 5 nitrogen and oxygen atoms in total. The van der Waals surface area contributed by atoms with Crippen LogP contribution in [0.3, 0.4) is 0 Å². The third kappa shape index (κ3) is 3.32. The summed E-state index contributed by atoms with van der Waals surface area (Å²) in [5, 5.41) is 0. The summed E-state index contributed by atoms with van der Waals surface area (Å²) in [5.41, 5.74) is 2.69. The molecule has 130 valence electrons. The van der Waals surface area contributed by atoms with Gasteiger partial charge in [0.2, 0.25) is 11.8 Å². The summed E-state index contributed by atoms with van der Waals surface area (Å²) in [6, 6.07) is 14.9. The number of cyclic esters (lactones) is 1. The zero-order valence-corrected chi connectivity index (χ0v) is 15.4. The Labute approximate surface area is 159 Å². The number of ether oxygens (including phenoxy) is 1. The number of carbonyl (C=O) groups excluding carboxylic acids is 2. The second-order valence-electron chi connectivity index (χ2n) is 6.08. The van der Waals surface area contributed by atoms with E-state index < -0.39 is 5.97 Å². The van der Waals surface area contributed by atoms with Gasteiger partial charge in [0.15, 0.2) is 5.70 Å². The van der Waals surface area contributed by atoms with E-state index in [0.29, 0.717) is 12.0 Å². The van der Waals surface area contributed by atoms with E-state index in [0.717, 1.165) is 28.7 Å². The number of hydrogen-bond acceptors (Lipinski definition) is 4. The Balaban J connectivity index is 1.57. The van der Waals surface area contributed by atoms with Crippen molar-refractivity contribution in [1.29, 1.82) is 0 Å². The van der Waals surface area contributed by atoms with Crippen molar-refractivity contribution in [1.82, 2.24) is 0 Å². The summed E-state index contributed by atoms with van der Waals surface area (Å²) in [6.45, 7) is 0.744. The zero-order chi connectivity index (χ0) is 18.1. The summed E-state index contributed by atoms with van der Waals surface area (Å²) < 4.78 is 6.26. The van der Waals surface area contributed by atoms with Crippen molar-refractivity contribution in [2.24, 2.45) is 4.99 Å². The number of rotatable bonds is 3.